The van der Waals surface area contributed by atoms with Crippen molar-refractivity contribution in [1.29, 1.82) is 0 Å². The monoisotopic (exact) mass is 643 g/mol. The lowest BCUT2D eigenvalue weighted by Crippen LogP contribution is -2.42. The first-order valence-electron chi connectivity index (χ1n) is 13.8. The average molecular weight is 644 g/mol. The number of aryl methyl sites for hydroxylation is 1. The summed E-state index contributed by atoms with van der Waals surface area (Å²) in [5, 5.41) is 8.67. The Morgan fingerprint density at radius 1 is 0.977 bits per heavy atom. The fourth-order valence-electron chi connectivity index (χ4n) is 4.70. The van der Waals surface area contributed by atoms with Crippen LogP contribution in [0.25, 0.3) is 0 Å². The molecule has 1 unspecified atom stereocenters. The number of ether oxygens (including phenoxy) is 1. The molecular weight excluding hydrogens is 612 g/mol. The quantitative estimate of drug-likeness (QED) is 0.195. The third kappa shape index (κ3) is 10.1. The van der Waals surface area contributed by atoms with Gasteiger partial charge >= 0.3 is 12.4 Å². The van der Waals surface area contributed by atoms with E-state index in [-0.39, 0.29) is 35.4 Å². The first-order valence-corrected chi connectivity index (χ1v) is 14.6. The number of hydrogen-bond acceptors (Lipinski definition) is 7. The van der Waals surface area contributed by atoms with Crippen LogP contribution in [0.15, 0.2) is 48.5 Å². The van der Waals surface area contributed by atoms with Gasteiger partial charge < -0.3 is 15.4 Å². The maximum absolute atomic E-state index is 12.9. The summed E-state index contributed by atoms with van der Waals surface area (Å²) >= 11 is 1.15. The predicted octanol–water partition coefficient (Wildman–Crippen LogP) is 6.52. The summed E-state index contributed by atoms with van der Waals surface area (Å²) in [4.78, 5) is 31.6. The van der Waals surface area contributed by atoms with E-state index < -0.39 is 50.2 Å². The third-order valence-electron chi connectivity index (χ3n) is 6.94. The van der Waals surface area contributed by atoms with Gasteiger partial charge in [-0.2, -0.15) is 26.3 Å². The summed E-state index contributed by atoms with van der Waals surface area (Å²) in [5.74, 6) is -0.597. The van der Waals surface area contributed by atoms with E-state index in [0.29, 0.717) is 29.1 Å². The van der Waals surface area contributed by atoms with Gasteiger partial charge in [-0.15, -0.1) is 11.3 Å². The molecule has 0 saturated heterocycles. The number of fused-ring (bicyclic) bond motifs is 1. The second-order valence-electron chi connectivity index (χ2n) is 10.2. The van der Waals surface area contributed by atoms with Gasteiger partial charge in [-0.1, -0.05) is 6.07 Å². The van der Waals surface area contributed by atoms with Gasteiger partial charge in [0.15, 0.2) is 11.7 Å². The maximum Gasteiger partial charge on any atom is 0.390 e. The molecule has 1 heterocycles. The molecule has 0 spiro atoms. The molecule has 1 atom stereocenters. The zero-order valence-corrected chi connectivity index (χ0v) is 24.5. The number of benzene rings is 2. The van der Waals surface area contributed by atoms with Crippen molar-refractivity contribution in [3.8, 4) is 5.75 Å². The normalized spacial score (nSPS) is 15.0. The first-order chi connectivity index (χ1) is 20.8. The topological polar surface area (TPSA) is 95.6 Å². The van der Waals surface area contributed by atoms with Gasteiger partial charge in [0.2, 0.25) is 0 Å². The Bertz CT molecular complexity index is 1410. The van der Waals surface area contributed by atoms with E-state index in [0.717, 1.165) is 17.0 Å². The van der Waals surface area contributed by atoms with E-state index >= 15 is 0 Å². The van der Waals surface area contributed by atoms with Crippen LogP contribution in [0.3, 0.4) is 0 Å². The minimum absolute atomic E-state index is 0.238. The van der Waals surface area contributed by atoms with Gasteiger partial charge in [0.25, 0.3) is 11.8 Å². The molecule has 44 heavy (non-hydrogen) atoms. The lowest BCUT2D eigenvalue weighted by molar-refractivity contribution is -0.148. The number of thiazole rings is 1. The summed E-state index contributed by atoms with van der Waals surface area (Å²) in [6.07, 6.45) is -10.4. The summed E-state index contributed by atoms with van der Waals surface area (Å²) in [6.45, 7) is -1.33. The van der Waals surface area contributed by atoms with Crippen LogP contribution in [0.4, 0.5) is 42.8 Å². The molecule has 2 aromatic carbocycles. The zero-order valence-electron chi connectivity index (χ0n) is 23.6. The van der Waals surface area contributed by atoms with E-state index in [9.17, 15) is 35.9 Å². The zero-order chi connectivity index (χ0) is 31.9. The molecule has 238 valence electrons. The van der Waals surface area contributed by atoms with Gasteiger partial charge in [-0.3, -0.25) is 19.8 Å². The van der Waals surface area contributed by atoms with Crippen LogP contribution in [0.2, 0.25) is 0 Å². The highest BCUT2D eigenvalue weighted by molar-refractivity contribution is 7.15. The van der Waals surface area contributed by atoms with Crippen LogP contribution < -0.4 is 20.7 Å². The number of rotatable bonds is 12. The molecule has 2 amide bonds. The van der Waals surface area contributed by atoms with Crippen molar-refractivity contribution in [3.63, 3.8) is 0 Å². The van der Waals surface area contributed by atoms with Crippen molar-refractivity contribution in [1.82, 2.24) is 9.88 Å². The van der Waals surface area contributed by atoms with E-state index in [2.05, 4.69) is 20.9 Å². The Hall–Kier alpha value is -3.85. The number of nitrogens with one attached hydrogen (secondary N) is 3. The molecule has 1 aliphatic rings. The van der Waals surface area contributed by atoms with Crippen LogP contribution in [0.1, 0.15) is 40.2 Å². The number of carbonyl (C=O) groups is 2. The average Bonchev–Trinajstić information content (AvgIpc) is 3.37. The largest absolute Gasteiger partial charge is 0.484 e. The Morgan fingerprint density at radius 3 is 2.27 bits per heavy atom. The molecule has 0 saturated carbocycles. The molecule has 0 bridgehead atoms. The second-order valence-corrected chi connectivity index (χ2v) is 11.3. The standard InChI is InChI=1S/C29H31F6N5O3S/c1-36-19-5-7-20(8-6-19)37-25(41)17-43-22-4-2-3-18(15-22)26(42)39-27-38-23-10-9-21(16-24(23)44-27)40(13-11-28(30,31)32)14-12-29(33,34)35/h2-8,15,21,36H,9-14,16-17H2,1H3,(H,37,41)(H,38,39,42). The molecule has 0 radical (unpaired) electrons. The first kappa shape index (κ1) is 33.1. The highest BCUT2D eigenvalue weighted by Gasteiger charge is 2.35. The fraction of sp³-hybridized carbons (Fsp3) is 0.414. The lowest BCUT2D eigenvalue weighted by atomic mass is 9.96. The number of anilines is 3. The number of aromatic nitrogens is 1. The molecule has 3 aromatic rings. The molecule has 1 aromatic heterocycles. The summed E-state index contributed by atoms with van der Waals surface area (Å²) in [7, 11) is 1.78. The molecule has 15 heteroatoms. The van der Waals surface area contributed by atoms with Crippen molar-refractivity contribution in [2.75, 3.05) is 42.7 Å². The number of alkyl halides is 6. The smallest absolute Gasteiger partial charge is 0.390 e. The fourth-order valence-corrected chi connectivity index (χ4v) is 5.78. The number of nitrogens with zero attached hydrogens (tertiary/aromatic N) is 2. The number of amides is 2. The molecule has 4 rings (SSSR count). The minimum Gasteiger partial charge on any atom is -0.484 e. The molecule has 1 aliphatic carbocycles. The highest BCUT2D eigenvalue weighted by Crippen LogP contribution is 2.33. The summed E-state index contributed by atoms with van der Waals surface area (Å²) < 4.78 is 82.6. The van der Waals surface area contributed by atoms with Crippen LogP contribution in [-0.2, 0) is 17.6 Å². The van der Waals surface area contributed by atoms with E-state index in [1.165, 1.54) is 11.0 Å². The Labute approximate surface area is 253 Å². The number of halogens is 6. The summed E-state index contributed by atoms with van der Waals surface area (Å²) in [5.41, 5.74) is 2.39. The van der Waals surface area contributed by atoms with Gasteiger partial charge in [0.05, 0.1) is 18.5 Å². The van der Waals surface area contributed by atoms with Crippen molar-refractivity contribution < 1.29 is 40.7 Å². The molecule has 0 aliphatic heterocycles. The van der Waals surface area contributed by atoms with Gasteiger partial charge in [-0.05, 0) is 61.7 Å². The Balaban J connectivity index is 1.33. The number of hydrogen-bond donors (Lipinski definition) is 3. The van der Waals surface area contributed by atoms with Crippen LogP contribution in [-0.4, -0.2) is 66.8 Å². The SMILES string of the molecule is CNc1ccc(NC(=O)COc2cccc(C(=O)Nc3nc4c(s3)CC(N(CCC(F)(F)F)CCC(F)(F)F)CC4)c2)cc1. The van der Waals surface area contributed by atoms with Crippen LogP contribution in [0.5, 0.6) is 5.75 Å². The van der Waals surface area contributed by atoms with Gasteiger partial charge in [-0.25, -0.2) is 4.98 Å². The summed E-state index contributed by atoms with van der Waals surface area (Å²) in [6, 6.07) is 12.8. The highest BCUT2D eigenvalue weighted by atomic mass is 32.1. The van der Waals surface area contributed by atoms with E-state index in [1.807, 2.05) is 12.1 Å². The number of carbonyl (C=O) groups excluding carboxylic acids is 2. The maximum atomic E-state index is 12.9. The van der Waals surface area contributed by atoms with Gasteiger partial charge in [0.1, 0.15) is 5.75 Å². The van der Waals surface area contributed by atoms with Crippen molar-refractivity contribution >= 4 is 39.7 Å². The Kier molecular flexibility index (Phi) is 10.7. The van der Waals surface area contributed by atoms with E-state index in [1.54, 1.807) is 37.4 Å². The van der Waals surface area contributed by atoms with Crippen molar-refractivity contribution in [2.45, 2.75) is 50.5 Å². The van der Waals surface area contributed by atoms with Crippen LogP contribution in [0, 0.1) is 0 Å². The Morgan fingerprint density at radius 2 is 1.64 bits per heavy atom. The minimum atomic E-state index is -4.48. The second kappa shape index (κ2) is 14.3. The van der Waals surface area contributed by atoms with Gasteiger partial charge in [0, 0.05) is 48.0 Å². The van der Waals surface area contributed by atoms with Crippen molar-refractivity contribution in [2.24, 2.45) is 0 Å². The van der Waals surface area contributed by atoms with Crippen LogP contribution >= 0.6 is 11.3 Å². The molecular formula is C29H31F6N5O3S. The molecule has 8 nitrogen and oxygen atoms in total. The lowest BCUT2D eigenvalue weighted by Gasteiger charge is -2.34. The third-order valence-corrected chi connectivity index (χ3v) is 7.97. The van der Waals surface area contributed by atoms with E-state index in [4.69, 9.17) is 4.74 Å². The molecule has 0 fully saturated rings. The van der Waals surface area contributed by atoms with Crippen molar-refractivity contribution in [3.05, 3.63) is 64.7 Å². The molecule has 3 N–H and O–H groups in total. The predicted molar refractivity (Wildman–Crippen MR) is 155 cm³/mol.